The standard InChI is InChI=1S/C18H22N4O/c1-4-22(15-7-5-6-12(2)10-15)18-19-13(3)11-16(21-18)17(23)20-14-8-9-14/h5-7,10-11,14H,4,8-9H2,1-3H3,(H,20,23). The van der Waals surface area contributed by atoms with Gasteiger partial charge in [-0.2, -0.15) is 0 Å². The smallest absolute Gasteiger partial charge is 0.270 e. The van der Waals surface area contributed by atoms with Gasteiger partial charge < -0.3 is 10.2 Å². The number of hydrogen-bond acceptors (Lipinski definition) is 4. The molecule has 1 N–H and O–H groups in total. The lowest BCUT2D eigenvalue weighted by Crippen LogP contribution is -2.28. The highest BCUT2D eigenvalue weighted by Gasteiger charge is 2.25. The van der Waals surface area contributed by atoms with Gasteiger partial charge in [0.2, 0.25) is 5.95 Å². The second kappa shape index (κ2) is 6.36. The maximum Gasteiger partial charge on any atom is 0.270 e. The van der Waals surface area contributed by atoms with E-state index in [1.165, 1.54) is 5.56 Å². The maximum absolute atomic E-state index is 12.3. The summed E-state index contributed by atoms with van der Waals surface area (Å²) in [6.45, 7) is 6.74. The number of amides is 1. The van der Waals surface area contributed by atoms with Crippen molar-refractivity contribution in [3.05, 3.63) is 47.3 Å². The molecule has 3 rings (SSSR count). The van der Waals surface area contributed by atoms with Gasteiger partial charge >= 0.3 is 0 Å². The van der Waals surface area contributed by atoms with Crippen molar-refractivity contribution in [1.29, 1.82) is 0 Å². The SMILES string of the molecule is CCN(c1cccc(C)c1)c1nc(C)cc(C(=O)NC2CC2)n1. The molecule has 0 unspecified atom stereocenters. The van der Waals surface area contributed by atoms with E-state index in [2.05, 4.69) is 41.3 Å². The van der Waals surface area contributed by atoms with Crippen LogP contribution in [0.15, 0.2) is 30.3 Å². The summed E-state index contributed by atoms with van der Waals surface area (Å²) in [5.41, 5.74) is 3.44. The van der Waals surface area contributed by atoms with E-state index in [9.17, 15) is 4.79 Å². The fourth-order valence-corrected chi connectivity index (χ4v) is 2.51. The summed E-state index contributed by atoms with van der Waals surface area (Å²) in [4.78, 5) is 23.3. The van der Waals surface area contributed by atoms with Gasteiger partial charge in [-0.3, -0.25) is 4.79 Å². The number of aromatic nitrogens is 2. The minimum atomic E-state index is -0.112. The summed E-state index contributed by atoms with van der Waals surface area (Å²) in [6.07, 6.45) is 2.13. The van der Waals surface area contributed by atoms with E-state index < -0.39 is 0 Å². The minimum absolute atomic E-state index is 0.112. The first-order valence-corrected chi connectivity index (χ1v) is 8.07. The second-order valence-corrected chi connectivity index (χ2v) is 6.03. The minimum Gasteiger partial charge on any atom is -0.348 e. The third-order valence-corrected chi connectivity index (χ3v) is 3.86. The summed E-state index contributed by atoms with van der Waals surface area (Å²) in [6, 6.07) is 10.3. The molecule has 120 valence electrons. The van der Waals surface area contributed by atoms with Crippen molar-refractivity contribution in [2.45, 2.75) is 39.7 Å². The molecule has 1 fully saturated rings. The van der Waals surface area contributed by atoms with Crippen LogP contribution in [0.3, 0.4) is 0 Å². The van der Waals surface area contributed by atoms with E-state index >= 15 is 0 Å². The normalized spacial score (nSPS) is 13.7. The number of carbonyl (C=O) groups excluding carboxylic acids is 1. The van der Waals surface area contributed by atoms with Crippen LogP contribution in [-0.4, -0.2) is 28.5 Å². The van der Waals surface area contributed by atoms with Gasteiger partial charge in [0.25, 0.3) is 5.91 Å². The topological polar surface area (TPSA) is 58.1 Å². The van der Waals surface area contributed by atoms with Crippen LogP contribution in [0.2, 0.25) is 0 Å². The number of benzene rings is 1. The van der Waals surface area contributed by atoms with Gasteiger partial charge in [-0.1, -0.05) is 12.1 Å². The van der Waals surface area contributed by atoms with E-state index in [4.69, 9.17) is 0 Å². The van der Waals surface area contributed by atoms with Crippen molar-refractivity contribution in [3.8, 4) is 0 Å². The number of nitrogens with zero attached hydrogens (tertiary/aromatic N) is 3. The fourth-order valence-electron chi connectivity index (χ4n) is 2.51. The lowest BCUT2D eigenvalue weighted by Gasteiger charge is -2.22. The molecular formula is C18H22N4O. The molecule has 1 amide bonds. The highest BCUT2D eigenvalue weighted by molar-refractivity contribution is 5.93. The van der Waals surface area contributed by atoms with Crippen molar-refractivity contribution in [2.24, 2.45) is 0 Å². The molecule has 0 radical (unpaired) electrons. The van der Waals surface area contributed by atoms with E-state index in [0.717, 1.165) is 30.8 Å². The Labute approximate surface area is 136 Å². The lowest BCUT2D eigenvalue weighted by molar-refractivity contribution is 0.0946. The fraction of sp³-hybridized carbons (Fsp3) is 0.389. The van der Waals surface area contributed by atoms with Gasteiger partial charge in [0, 0.05) is 24.0 Å². The molecular weight excluding hydrogens is 288 g/mol. The molecule has 0 atom stereocenters. The van der Waals surface area contributed by atoms with Crippen LogP contribution >= 0.6 is 0 Å². The molecule has 0 saturated heterocycles. The molecule has 1 aromatic carbocycles. The van der Waals surface area contributed by atoms with Crippen LogP contribution in [0.25, 0.3) is 0 Å². The molecule has 0 aliphatic heterocycles. The maximum atomic E-state index is 12.3. The number of hydrogen-bond donors (Lipinski definition) is 1. The number of rotatable bonds is 5. The van der Waals surface area contributed by atoms with Crippen LogP contribution in [-0.2, 0) is 0 Å². The zero-order valence-electron chi connectivity index (χ0n) is 13.8. The number of carbonyl (C=O) groups is 1. The first-order valence-electron chi connectivity index (χ1n) is 8.07. The van der Waals surface area contributed by atoms with Gasteiger partial charge in [-0.25, -0.2) is 9.97 Å². The van der Waals surface area contributed by atoms with Crippen LogP contribution in [0, 0.1) is 13.8 Å². The zero-order valence-corrected chi connectivity index (χ0v) is 13.8. The number of nitrogens with one attached hydrogen (secondary N) is 1. The Hall–Kier alpha value is -2.43. The van der Waals surface area contributed by atoms with Gasteiger partial charge in [-0.15, -0.1) is 0 Å². The second-order valence-electron chi connectivity index (χ2n) is 6.03. The van der Waals surface area contributed by atoms with Gasteiger partial charge in [-0.05, 0) is 57.4 Å². The average molecular weight is 310 g/mol. The van der Waals surface area contributed by atoms with Gasteiger partial charge in [0.1, 0.15) is 5.69 Å². The molecule has 1 aliphatic carbocycles. The van der Waals surface area contributed by atoms with Crippen molar-refractivity contribution >= 4 is 17.5 Å². The third-order valence-electron chi connectivity index (χ3n) is 3.86. The lowest BCUT2D eigenvalue weighted by atomic mass is 10.2. The summed E-state index contributed by atoms with van der Waals surface area (Å²) in [7, 11) is 0. The first kappa shape index (κ1) is 15.5. The van der Waals surface area contributed by atoms with Crippen LogP contribution < -0.4 is 10.2 Å². The van der Waals surface area contributed by atoms with Crippen LogP contribution in [0.5, 0.6) is 0 Å². The highest BCUT2D eigenvalue weighted by Crippen LogP contribution is 2.24. The van der Waals surface area contributed by atoms with Crippen molar-refractivity contribution < 1.29 is 4.79 Å². The Morgan fingerprint density at radius 2 is 2.04 bits per heavy atom. The van der Waals surface area contributed by atoms with E-state index in [1.54, 1.807) is 6.07 Å². The van der Waals surface area contributed by atoms with E-state index in [-0.39, 0.29) is 5.91 Å². The molecule has 23 heavy (non-hydrogen) atoms. The average Bonchev–Trinajstić information content (AvgIpc) is 3.31. The quantitative estimate of drug-likeness (QED) is 0.921. The predicted octanol–water partition coefficient (Wildman–Crippen LogP) is 3.14. The number of aryl methyl sites for hydroxylation is 2. The largest absolute Gasteiger partial charge is 0.348 e. The van der Waals surface area contributed by atoms with Crippen LogP contribution in [0.4, 0.5) is 11.6 Å². The summed E-state index contributed by atoms with van der Waals surface area (Å²) >= 11 is 0. The van der Waals surface area contributed by atoms with Gasteiger partial charge in [0.05, 0.1) is 0 Å². The van der Waals surface area contributed by atoms with Crippen molar-refractivity contribution in [3.63, 3.8) is 0 Å². The Morgan fingerprint density at radius 3 is 2.70 bits per heavy atom. The number of anilines is 2. The van der Waals surface area contributed by atoms with E-state index in [0.29, 0.717) is 17.7 Å². The van der Waals surface area contributed by atoms with Crippen molar-refractivity contribution in [2.75, 3.05) is 11.4 Å². The third kappa shape index (κ3) is 3.67. The predicted molar refractivity (Wildman–Crippen MR) is 91.1 cm³/mol. The Balaban J connectivity index is 1.93. The highest BCUT2D eigenvalue weighted by atomic mass is 16.2. The molecule has 1 aromatic heterocycles. The molecule has 1 aliphatic rings. The monoisotopic (exact) mass is 310 g/mol. The molecule has 5 nitrogen and oxygen atoms in total. The molecule has 0 bridgehead atoms. The molecule has 5 heteroatoms. The summed E-state index contributed by atoms with van der Waals surface area (Å²) in [5.74, 6) is 0.457. The Kier molecular flexibility index (Phi) is 4.28. The van der Waals surface area contributed by atoms with Gasteiger partial charge in [0.15, 0.2) is 0 Å². The molecule has 2 aromatic rings. The Bertz CT molecular complexity index is 725. The van der Waals surface area contributed by atoms with Crippen LogP contribution in [0.1, 0.15) is 41.5 Å². The summed E-state index contributed by atoms with van der Waals surface area (Å²) in [5, 5.41) is 2.98. The summed E-state index contributed by atoms with van der Waals surface area (Å²) < 4.78 is 0. The van der Waals surface area contributed by atoms with E-state index in [1.807, 2.05) is 24.0 Å². The first-order chi connectivity index (χ1) is 11.1. The molecule has 1 heterocycles. The molecule has 1 saturated carbocycles. The zero-order chi connectivity index (χ0) is 16.4. The Morgan fingerprint density at radius 1 is 1.26 bits per heavy atom. The van der Waals surface area contributed by atoms with Crippen molar-refractivity contribution in [1.82, 2.24) is 15.3 Å². The molecule has 0 spiro atoms.